The molecular weight excluding hydrogens is 344 g/mol. The summed E-state index contributed by atoms with van der Waals surface area (Å²) < 4.78 is 29.9. The Bertz CT molecular complexity index is 840. The Hall–Kier alpha value is -2.54. The fraction of sp³-hybridized carbons (Fsp3) is 0.278. The van der Waals surface area contributed by atoms with Gasteiger partial charge >= 0.3 is 5.97 Å². The van der Waals surface area contributed by atoms with Crippen molar-refractivity contribution < 1.29 is 28.2 Å². The molecule has 2 aromatic rings. The molecule has 2 aromatic carbocycles. The summed E-state index contributed by atoms with van der Waals surface area (Å²) in [4.78, 5) is 11.1. The topological polar surface area (TPSA) is 101 Å². The fourth-order valence-electron chi connectivity index (χ4n) is 2.32. The molecule has 0 saturated carbocycles. The molecule has 7 heteroatoms. The molecule has 0 amide bonds. The van der Waals surface area contributed by atoms with Crippen molar-refractivity contribution in [2.75, 3.05) is 12.4 Å². The zero-order valence-electron chi connectivity index (χ0n) is 13.8. The molecule has 0 unspecified atom stereocenters. The molecule has 0 aliphatic heterocycles. The Morgan fingerprint density at radius 3 is 2.36 bits per heavy atom. The van der Waals surface area contributed by atoms with E-state index in [9.17, 15) is 18.3 Å². The fourth-order valence-corrected chi connectivity index (χ4v) is 3.41. The molecule has 6 nitrogen and oxygen atoms in total. The minimum atomic E-state index is -3.48. The number of hydrogen-bond donors (Lipinski definition) is 2. The highest BCUT2D eigenvalue weighted by Crippen LogP contribution is 2.23. The summed E-state index contributed by atoms with van der Waals surface area (Å²) in [7, 11) is -3.48. The predicted molar refractivity (Wildman–Crippen MR) is 93.1 cm³/mol. The first-order chi connectivity index (χ1) is 11.8. The lowest BCUT2D eigenvalue weighted by atomic mass is 10.1. The maximum atomic E-state index is 12.3. The first-order valence-corrected chi connectivity index (χ1v) is 9.49. The number of carboxylic acids is 1. The molecule has 0 saturated heterocycles. The number of phenols is 1. The second-order valence-corrected chi connectivity index (χ2v) is 7.65. The van der Waals surface area contributed by atoms with Crippen molar-refractivity contribution in [3.63, 3.8) is 0 Å². The lowest BCUT2D eigenvalue weighted by molar-refractivity contribution is 0.0693. The van der Waals surface area contributed by atoms with E-state index in [0.717, 1.165) is 24.5 Å². The minimum Gasteiger partial charge on any atom is -0.507 e. The number of ether oxygens (including phenoxy) is 1. The van der Waals surface area contributed by atoms with Gasteiger partial charge in [0.1, 0.15) is 23.7 Å². The molecule has 2 rings (SSSR count). The average molecular weight is 364 g/mol. The zero-order chi connectivity index (χ0) is 18.4. The molecule has 134 valence electrons. The number of carboxylic acid groups (broad SMARTS) is 1. The van der Waals surface area contributed by atoms with Gasteiger partial charge in [-0.15, -0.1) is 0 Å². The largest absolute Gasteiger partial charge is 0.507 e. The average Bonchev–Trinajstić information content (AvgIpc) is 2.55. The Labute approximate surface area is 146 Å². The van der Waals surface area contributed by atoms with Crippen LogP contribution in [0.5, 0.6) is 11.5 Å². The van der Waals surface area contributed by atoms with Crippen molar-refractivity contribution in [1.82, 2.24) is 0 Å². The van der Waals surface area contributed by atoms with Gasteiger partial charge < -0.3 is 14.9 Å². The number of hydrogen-bond acceptors (Lipinski definition) is 5. The summed E-state index contributed by atoms with van der Waals surface area (Å²) >= 11 is 0. The minimum absolute atomic E-state index is 0.106. The number of carbonyl (C=O) groups is 1. The number of rotatable bonds is 8. The number of aryl methyl sites for hydroxylation is 1. The summed E-state index contributed by atoms with van der Waals surface area (Å²) in [5.41, 5.74) is 0.846. The lowest BCUT2D eigenvalue weighted by Crippen LogP contribution is -2.14. The molecular formula is C18H20O6S. The van der Waals surface area contributed by atoms with Crippen LogP contribution >= 0.6 is 0 Å². The van der Waals surface area contributed by atoms with Gasteiger partial charge in [0.25, 0.3) is 0 Å². The summed E-state index contributed by atoms with van der Waals surface area (Å²) in [5, 5.41) is 18.4. The van der Waals surface area contributed by atoms with E-state index < -0.39 is 21.6 Å². The van der Waals surface area contributed by atoms with Crippen LogP contribution in [0.25, 0.3) is 0 Å². The molecule has 0 aliphatic carbocycles. The number of aromatic hydroxyl groups is 1. The molecule has 0 fully saturated rings. The molecule has 0 radical (unpaired) electrons. The quantitative estimate of drug-likeness (QED) is 0.747. The molecule has 0 aliphatic rings. The molecule has 0 heterocycles. The summed E-state index contributed by atoms with van der Waals surface area (Å²) in [6.45, 7) is 1.95. The SMILES string of the molecule is CCCc1ccc(S(=O)(=O)CCOc2ccc(C(=O)O)c(O)c2)cc1. The number of benzene rings is 2. The van der Waals surface area contributed by atoms with Gasteiger partial charge in [0.15, 0.2) is 9.84 Å². The van der Waals surface area contributed by atoms with Crippen molar-refractivity contribution in [3.8, 4) is 11.5 Å². The van der Waals surface area contributed by atoms with Crippen LogP contribution in [0.2, 0.25) is 0 Å². The normalized spacial score (nSPS) is 11.2. The highest BCUT2D eigenvalue weighted by Gasteiger charge is 2.15. The van der Waals surface area contributed by atoms with Crippen molar-refractivity contribution >= 4 is 15.8 Å². The van der Waals surface area contributed by atoms with Gasteiger partial charge in [0.05, 0.1) is 10.6 Å². The highest BCUT2D eigenvalue weighted by molar-refractivity contribution is 7.91. The van der Waals surface area contributed by atoms with Gasteiger partial charge in [-0.05, 0) is 36.2 Å². The molecule has 0 spiro atoms. The molecule has 0 aromatic heterocycles. The maximum absolute atomic E-state index is 12.3. The van der Waals surface area contributed by atoms with Gasteiger partial charge in [0.2, 0.25) is 0 Å². The lowest BCUT2D eigenvalue weighted by Gasteiger charge is -2.09. The summed E-state index contributed by atoms with van der Waals surface area (Å²) in [6, 6.07) is 10.5. The van der Waals surface area contributed by atoms with Crippen molar-refractivity contribution in [2.45, 2.75) is 24.7 Å². The highest BCUT2D eigenvalue weighted by atomic mass is 32.2. The Morgan fingerprint density at radius 2 is 1.80 bits per heavy atom. The third-order valence-electron chi connectivity index (χ3n) is 3.64. The second kappa shape index (κ2) is 8.02. The smallest absolute Gasteiger partial charge is 0.339 e. The van der Waals surface area contributed by atoms with E-state index in [1.807, 2.05) is 0 Å². The van der Waals surface area contributed by atoms with Crippen molar-refractivity contribution in [3.05, 3.63) is 53.6 Å². The van der Waals surface area contributed by atoms with E-state index in [1.165, 1.54) is 12.1 Å². The van der Waals surface area contributed by atoms with Crippen LogP contribution in [0.4, 0.5) is 0 Å². The van der Waals surface area contributed by atoms with Gasteiger partial charge in [-0.3, -0.25) is 0 Å². The molecule has 2 N–H and O–H groups in total. The van der Waals surface area contributed by atoms with E-state index in [2.05, 4.69) is 6.92 Å². The third kappa shape index (κ3) is 4.96. The number of sulfone groups is 1. The van der Waals surface area contributed by atoms with Crippen LogP contribution in [-0.2, 0) is 16.3 Å². The summed E-state index contributed by atoms with van der Waals surface area (Å²) in [6.07, 6.45) is 1.90. The van der Waals surface area contributed by atoms with Crippen molar-refractivity contribution in [2.24, 2.45) is 0 Å². The first kappa shape index (κ1) is 18.8. The van der Waals surface area contributed by atoms with Crippen LogP contribution in [0.3, 0.4) is 0 Å². The van der Waals surface area contributed by atoms with Crippen LogP contribution in [0.1, 0.15) is 29.3 Å². The number of aromatic carboxylic acids is 1. The third-order valence-corrected chi connectivity index (χ3v) is 5.34. The van der Waals surface area contributed by atoms with E-state index in [0.29, 0.717) is 0 Å². The Kier molecular flexibility index (Phi) is 6.03. The molecule has 0 bridgehead atoms. The van der Waals surface area contributed by atoms with E-state index >= 15 is 0 Å². The summed E-state index contributed by atoms with van der Waals surface area (Å²) in [5.74, 6) is -1.70. The van der Waals surface area contributed by atoms with Gasteiger partial charge in [0, 0.05) is 6.07 Å². The second-order valence-electron chi connectivity index (χ2n) is 5.55. The maximum Gasteiger partial charge on any atom is 0.339 e. The van der Waals surface area contributed by atoms with E-state index in [4.69, 9.17) is 9.84 Å². The first-order valence-electron chi connectivity index (χ1n) is 7.84. The Balaban J connectivity index is 1.98. The van der Waals surface area contributed by atoms with Gasteiger partial charge in [-0.25, -0.2) is 13.2 Å². The molecule has 25 heavy (non-hydrogen) atoms. The van der Waals surface area contributed by atoms with Gasteiger partial charge in [-0.2, -0.15) is 0 Å². The zero-order valence-corrected chi connectivity index (χ0v) is 14.6. The van der Waals surface area contributed by atoms with Crippen LogP contribution in [0.15, 0.2) is 47.4 Å². The molecule has 0 atom stereocenters. The van der Waals surface area contributed by atoms with E-state index in [-0.39, 0.29) is 28.6 Å². The monoisotopic (exact) mass is 364 g/mol. The van der Waals surface area contributed by atoms with Crippen LogP contribution < -0.4 is 4.74 Å². The van der Waals surface area contributed by atoms with Crippen LogP contribution in [-0.4, -0.2) is 37.0 Å². The van der Waals surface area contributed by atoms with Crippen LogP contribution in [0, 0.1) is 0 Å². The predicted octanol–water partition coefficient (Wildman–Crippen LogP) is 2.90. The van der Waals surface area contributed by atoms with E-state index in [1.54, 1.807) is 24.3 Å². The Morgan fingerprint density at radius 1 is 1.12 bits per heavy atom. The van der Waals surface area contributed by atoms with Crippen molar-refractivity contribution in [1.29, 1.82) is 0 Å². The van der Waals surface area contributed by atoms with Gasteiger partial charge in [-0.1, -0.05) is 25.5 Å². The standard InChI is InChI=1S/C18H20O6S/c1-2-3-13-4-7-15(8-5-13)25(22,23)11-10-24-14-6-9-16(18(20)21)17(19)12-14/h4-9,12,19H,2-3,10-11H2,1H3,(H,20,21).